The molecule has 0 spiro atoms. The number of hydrogen-bond donors (Lipinski definition) is 2. The van der Waals surface area contributed by atoms with Crippen molar-refractivity contribution in [2.45, 2.75) is 68.4 Å². The van der Waals surface area contributed by atoms with E-state index < -0.39 is 30.8 Å². The number of amides is 1. The molecule has 6 rings (SSSR count). The van der Waals surface area contributed by atoms with E-state index in [2.05, 4.69) is 15.3 Å². The molecular formula is C33H29F6N5O3. The maximum absolute atomic E-state index is 14.2. The predicted molar refractivity (Wildman–Crippen MR) is 161 cm³/mol. The number of anilines is 1. The van der Waals surface area contributed by atoms with Crippen molar-refractivity contribution in [1.29, 1.82) is 0 Å². The highest BCUT2D eigenvalue weighted by Crippen LogP contribution is 2.46. The zero-order valence-corrected chi connectivity index (χ0v) is 24.7. The van der Waals surface area contributed by atoms with Crippen molar-refractivity contribution >= 4 is 27.9 Å². The molecule has 1 fully saturated rings. The minimum atomic E-state index is -5.91. The van der Waals surface area contributed by atoms with Gasteiger partial charge in [0, 0.05) is 29.2 Å². The number of H-pyrrole nitrogens is 1. The van der Waals surface area contributed by atoms with Gasteiger partial charge in [0.1, 0.15) is 0 Å². The summed E-state index contributed by atoms with van der Waals surface area (Å²) < 4.78 is 80.2. The molecule has 3 aromatic heterocycles. The summed E-state index contributed by atoms with van der Waals surface area (Å²) in [6, 6.07) is 18.9. The van der Waals surface area contributed by atoms with Crippen LogP contribution < -0.4 is 10.5 Å². The molecule has 1 saturated carbocycles. The normalized spacial score (nSPS) is 17.7. The number of nitrogens with zero attached hydrogens (tertiary/aromatic N) is 4. The molecule has 2 aromatic carbocycles. The SMILES string of the molecule is O=C(c1cnn2cc(CCC(O)(C(F)(F)F)C(F)(F)F)ccc12)N(c1ccccc1)C1CCC(c2n[nH]c(=O)c3ccccc23)CC1. The second-order valence-corrected chi connectivity index (χ2v) is 11.8. The standard InChI is InChI=1S/C33H29F6N5O3/c34-32(35,36)31(47,33(37,38)39)17-16-20-10-15-27-26(18-40-43(27)19-20)30(46)44(22-6-2-1-3-7-22)23-13-11-21(12-14-23)28-24-8-4-5-9-25(24)29(45)42-41-28/h1-10,15,18-19,21,23,47H,11-14,16-17H2,(H,42,45). The summed E-state index contributed by atoms with van der Waals surface area (Å²) in [5.41, 5.74) is -3.08. The molecule has 2 N–H and O–H groups in total. The van der Waals surface area contributed by atoms with Crippen LogP contribution in [0.4, 0.5) is 32.0 Å². The average molecular weight is 658 g/mol. The Morgan fingerprint density at radius 1 is 0.894 bits per heavy atom. The van der Waals surface area contributed by atoms with Crippen molar-refractivity contribution in [1.82, 2.24) is 19.8 Å². The van der Waals surface area contributed by atoms with Crippen molar-refractivity contribution in [2.75, 3.05) is 4.90 Å². The maximum atomic E-state index is 14.2. The second-order valence-electron chi connectivity index (χ2n) is 11.8. The van der Waals surface area contributed by atoms with E-state index in [1.54, 1.807) is 17.0 Å². The van der Waals surface area contributed by atoms with Gasteiger partial charge >= 0.3 is 12.4 Å². The lowest BCUT2D eigenvalue weighted by molar-refractivity contribution is -0.369. The highest BCUT2D eigenvalue weighted by molar-refractivity contribution is 6.10. The van der Waals surface area contributed by atoms with E-state index in [1.165, 1.54) is 29.0 Å². The molecule has 1 aliphatic rings. The number of aliphatic hydroxyl groups is 1. The lowest BCUT2D eigenvalue weighted by Gasteiger charge is -2.37. The Bertz CT molecular complexity index is 1950. The first kappa shape index (κ1) is 32.2. The number of hydrogen-bond acceptors (Lipinski definition) is 5. The Morgan fingerprint density at radius 3 is 2.19 bits per heavy atom. The Hall–Kier alpha value is -4.72. The molecular weight excluding hydrogens is 628 g/mol. The second kappa shape index (κ2) is 12.1. The van der Waals surface area contributed by atoms with E-state index in [0.717, 1.165) is 11.1 Å². The fourth-order valence-corrected chi connectivity index (χ4v) is 6.38. The van der Waals surface area contributed by atoms with Crippen LogP contribution in [-0.4, -0.2) is 54.8 Å². The summed E-state index contributed by atoms with van der Waals surface area (Å²) in [5.74, 6) is -0.304. The number of carbonyl (C=O) groups is 1. The number of para-hydroxylation sites is 1. The summed E-state index contributed by atoms with van der Waals surface area (Å²) in [4.78, 5) is 28.2. The number of alkyl halides is 6. The van der Waals surface area contributed by atoms with Gasteiger partial charge in [-0.3, -0.25) is 9.59 Å². The lowest BCUT2D eigenvalue weighted by atomic mass is 9.82. The number of aromatic amines is 1. The molecule has 0 aliphatic heterocycles. The van der Waals surface area contributed by atoms with Crippen LogP contribution in [0, 0.1) is 0 Å². The third kappa shape index (κ3) is 5.97. The van der Waals surface area contributed by atoms with E-state index in [0.29, 0.717) is 42.3 Å². The van der Waals surface area contributed by atoms with Crippen molar-refractivity contribution in [3.05, 3.63) is 106 Å². The first-order chi connectivity index (χ1) is 22.3. The quantitative estimate of drug-likeness (QED) is 0.189. The van der Waals surface area contributed by atoms with Gasteiger partial charge in [-0.15, -0.1) is 0 Å². The van der Waals surface area contributed by atoms with Gasteiger partial charge in [0.05, 0.1) is 28.4 Å². The number of benzene rings is 2. The van der Waals surface area contributed by atoms with Gasteiger partial charge in [0.15, 0.2) is 0 Å². The Labute approximate surface area is 263 Å². The number of rotatable bonds is 7. The topological polar surface area (TPSA) is 104 Å². The molecule has 1 aliphatic carbocycles. The number of pyridine rings is 1. The van der Waals surface area contributed by atoms with Crippen molar-refractivity contribution in [2.24, 2.45) is 0 Å². The van der Waals surface area contributed by atoms with Crippen molar-refractivity contribution in [3.63, 3.8) is 0 Å². The predicted octanol–water partition coefficient (Wildman–Crippen LogP) is 6.73. The molecule has 0 atom stereocenters. The Kier molecular flexibility index (Phi) is 8.32. The molecule has 14 heteroatoms. The van der Waals surface area contributed by atoms with Gasteiger partial charge < -0.3 is 10.0 Å². The molecule has 1 amide bonds. The molecule has 0 unspecified atom stereocenters. The van der Waals surface area contributed by atoms with Gasteiger partial charge in [-0.2, -0.15) is 36.5 Å². The van der Waals surface area contributed by atoms with Crippen LogP contribution in [0.2, 0.25) is 0 Å². The van der Waals surface area contributed by atoms with E-state index in [-0.39, 0.29) is 34.6 Å². The van der Waals surface area contributed by atoms with Crippen LogP contribution in [0.15, 0.2) is 83.9 Å². The molecule has 8 nitrogen and oxygen atoms in total. The molecule has 47 heavy (non-hydrogen) atoms. The summed E-state index contributed by atoms with van der Waals surface area (Å²) in [6.07, 6.45) is -8.97. The van der Waals surface area contributed by atoms with E-state index in [4.69, 9.17) is 0 Å². The zero-order valence-electron chi connectivity index (χ0n) is 24.7. The number of aromatic nitrogens is 4. The summed E-state index contributed by atoms with van der Waals surface area (Å²) >= 11 is 0. The van der Waals surface area contributed by atoms with Crippen molar-refractivity contribution in [3.8, 4) is 0 Å². The van der Waals surface area contributed by atoms with Gasteiger partial charge in [0.2, 0.25) is 0 Å². The molecule has 0 saturated heterocycles. The largest absolute Gasteiger partial charge is 0.426 e. The van der Waals surface area contributed by atoms with E-state index >= 15 is 0 Å². The number of fused-ring (bicyclic) bond motifs is 2. The lowest BCUT2D eigenvalue weighted by Crippen LogP contribution is -2.57. The van der Waals surface area contributed by atoms with E-state index in [9.17, 15) is 41.0 Å². The van der Waals surface area contributed by atoms with Gasteiger partial charge in [0.25, 0.3) is 17.1 Å². The maximum Gasteiger partial charge on any atom is 0.426 e. The minimum absolute atomic E-state index is 0.0588. The number of halogens is 6. The van der Waals surface area contributed by atoms with Crippen LogP contribution in [0.3, 0.4) is 0 Å². The van der Waals surface area contributed by atoms with Crippen LogP contribution in [0.25, 0.3) is 16.3 Å². The first-order valence-electron chi connectivity index (χ1n) is 15.0. The first-order valence-corrected chi connectivity index (χ1v) is 15.0. The highest BCUT2D eigenvalue weighted by atomic mass is 19.4. The number of carbonyl (C=O) groups excluding carboxylic acids is 1. The van der Waals surface area contributed by atoms with Crippen LogP contribution in [0.5, 0.6) is 0 Å². The smallest absolute Gasteiger partial charge is 0.374 e. The fourth-order valence-electron chi connectivity index (χ4n) is 6.38. The average Bonchev–Trinajstić information content (AvgIpc) is 3.47. The Morgan fingerprint density at radius 2 is 1.53 bits per heavy atom. The molecule has 0 radical (unpaired) electrons. The third-order valence-corrected chi connectivity index (χ3v) is 8.95. The van der Waals surface area contributed by atoms with Gasteiger partial charge in [-0.1, -0.05) is 42.5 Å². The fraction of sp³-hybridized carbons (Fsp3) is 0.333. The summed E-state index contributed by atoms with van der Waals surface area (Å²) in [7, 11) is 0. The number of aryl methyl sites for hydroxylation is 1. The van der Waals surface area contributed by atoms with Crippen LogP contribution in [0.1, 0.15) is 59.6 Å². The summed E-state index contributed by atoms with van der Waals surface area (Å²) in [6.45, 7) is 0. The van der Waals surface area contributed by atoms with Gasteiger partial charge in [-0.25, -0.2) is 9.61 Å². The van der Waals surface area contributed by atoms with Crippen LogP contribution >= 0.6 is 0 Å². The summed E-state index contributed by atoms with van der Waals surface area (Å²) in [5, 5.41) is 22.0. The highest BCUT2D eigenvalue weighted by Gasteiger charge is 2.69. The zero-order chi connectivity index (χ0) is 33.6. The molecule has 5 aromatic rings. The van der Waals surface area contributed by atoms with Gasteiger partial charge in [-0.05, 0) is 68.4 Å². The monoisotopic (exact) mass is 657 g/mol. The third-order valence-electron chi connectivity index (χ3n) is 8.95. The molecule has 0 bridgehead atoms. The number of nitrogens with one attached hydrogen (secondary N) is 1. The van der Waals surface area contributed by atoms with Crippen LogP contribution in [-0.2, 0) is 6.42 Å². The molecule has 246 valence electrons. The van der Waals surface area contributed by atoms with E-state index in [1.807, 2.05) is 42.5 Å². The molecule has 3 heterocycles. The minimum Gasteiger partial charge on any atom is -0.374 e. The Balaban J connectivity index is 1.24. The van der Waals surface area contributed by atoms with Crippen molar-refractivity contribution < 1.29 is 36.2 Å².